The van der Waals surface area contributed by atoms with E-state index in [-0.39, 0.29) is 0 Å². The molecule has 1 aromatic carbocycles. The molecule has 0 radical (unpaired) electrons. The van der Waals surface area contributed by atoms with Gasteiger partial charge in [-0.1, -0.05) is 30.3 Å². The van der Waals surface area contributed by atoms with Crippen molar-refractivity contribution in [3.63, 3.8) is 0 Å². The summed E-state index contributed by atoms with van der Waals surface area (Å²) in [6.45, 7) is 9.92. The first-order valence-electron chi connectivity index (χ1n) is 9.84. The zero-order chi connectivity index (χ0) is 17.9. The molecule has 2 aliphatic rings. The van der Waals surface area contributed by atoms with Gasteiger partial charge < -0.3 is 10.1 Å². The summed E-state index contributed by atoms with van der Waals surface area (Å²) < 4.78 is 8.06. The summed E-state index contributed by atoms with van der Waals surface area (Å²) >= 11 is 0. The van der Waals surface area contributed by atoms with Crippen molar-refractivity contribution in [2.24, 2.45) is 0 Å². The van der Waals surface area contributed by atoms with Crippen molar-refractivity contribution in [2.45, 2.75) is 51.9 Å². The fraction of sp³-hybridized carbons (Fsp3) is 0.571. The summed E-state index contributed by atoms with van der Waals surface area (Å²) in [6, 6.07) is 11.4. The molecule has 2 heterocycles. The van der Waals surface area contributed by atoms with Gasteiger partial charge in [-0.25, -0.2) is 0 Å². The molecule has 1 aliphatic heterocycles. The van der Waals surface area contributed by atoms with E-state index in [4.69, 9.17) is 9.84 Å². The quantitative estimate of drug-likeness (QED) is 0.830. The number of benzene rings is 1. The minimum absolute atomic E-state index is 0.310. The number of aryl methyl sites for hydroxylation is 1. The Hall–Kier alpha value is -1.69. The first-order chi connectivity index (χ1) is 12.7. The fourth-order valence-corrected chi connectivity index (χ4v) is 3.90. The third-order valence-corrected chi connectivity index (χ3v) is 5.61. The second-order valence-electron chi connectivity index (χ2n) is 7.64. The normalized spacial score (nSPS) is 21.2. The van der Waals surface area contributed by atoms with E-state index in [0.717, 1.165) is 51.1 Å². The highest BCUT2D eigenvalue weighted by Crippen LogP contribution is 2.28. The van der Waals surface area contributed by atoms with Gasteiger partial charge in [0.2, 0.25) is 0 Å². The molecule has 5 nitrogen and oxygen atoms in total. The van der Waals surface area contributed by atoms with Gasteiger partial charge in [0.25, 0.3) is 0 Å². The lowest BCUT2D eigenvalue weighted by atomic mass is 10.2. The molecule has 2 aromatic rings. The second kappa shape index (κ2) is 7.91. The molecule has 0 spiro atoms. The lowest BCUT2D eigenvalue weighted by molar-refractivity contribution is -0.0301. The van der Waals surface area contributed by atoms with Gasteiger partial charge in [-0.2, -0.15) is 5.10 Å². The minimum atomic E-state index is 0.310. The Labute approximate surface area is 156 Å². The maximum absolute atomic E-state index is 5.94. The summed E-state index contributed by atoms with van der Waals surface area (Å²) in [5.74, 6) is 0. The number of hydrogen-bond acceptors (Lipinski definition) is 4. The third-order valence-electron chi connectivity index (χ3n) is 5.61. The maximum atomic E-state index is 5.94. The van der Waals surface area contributed by atoms with E-state index in [2.05, 4.69) is 59.1 Å². The Balaban J connectivity index is 1.32. The zero-order valence-electron chi connectivity index (χ0n) is 15.9. The van der Waals surface area contributed by atoms with Gasteiger partial charge in [0, 0.05) is 43.5 Å². The average Bonchev–Trinajstić information content (AvgIpc) is 3.47. The number of aromatic nitrogens is 2. The predicted octanol–water partition coefficient (Wildman–Crippen LogP) is 2.50. The van der Waals surface area contributed by atoms with Gasteiger partial charge in [-0.05, 0) is 32.3 Å². The number of morpholine rings is 1. The smallest absolute Gasteiger partial charge is 0.0826 e. The van der Waals surface area contributed by atoms with E-state index < -0.39 is 0 Å². The Bertz CT molecular complexity index is 723. The highest BCUT2D eigenvalue weighted by atomic mass is 16.5. The van der Waals surface area contributed by atoms with Crippen LogP contribution in [0.4, 0.5) is 0 Å². The van der Waals surface area contributed by atoms with Crippen molar-refractivity contribution in [1.29, 1.82) is 0 Å². The van der Waals surface area contributed by atoms with E-state index in [1.807, 2.05) is 0 Å². The van der Waals surface area contributed by atoms with Gasteiger partial charge in [0.1, 0.15) is 0 Å². The van der Waals surface area contributed by atoms with Crippen LogP contribution in [-0.2, 0) is 17.8 Å². The monoisotopic (exact) mass is 354 g/mol. The van der Waals surface area contributed by atoms with E-state index in [1.54, 1.807) is 0 Å². The number of nitrogens with one attached hydrogen (secondary N) is 1. The number of hydrogen-bond donors (Lipinski definition) is 1. The molecule has 1 saturated carbocycles. The maximum Gasteiger partial charge on any atom is 0.0826 e. The van der Waals surface area contributed by atoms with Crippen molar-refractivity contribution in [3.8, 4) is 0 Å². The Morgan fingerprint density at radius 1 is 1.19 bits per heavy atom. The average molecular weight is 354 g/mol. The van der Waals surface area contributed by atoms with Crippen LogP contribution >= 0.6 is 0 Å². The van der Waals surface area contributed by atoms with Crippen molar-refractivity contribution < 1.29 is 4.74 Å². The Kier molecular flexibility index (Phi) is 5.38. The minimum Gasteiger partial charge on any atom is -0.374 e. The topological polar surface area (TPSA) is 42.3 Å². The Morgan fingerprint density at radius 3 is 2.77 bits per heavy atom. The highest BCUT2D eigenvalue weighted by molar-refractivity contribution is 5.26. The molecular formula is C21H30N4O. The van der Waals surface area contributed by atoms with Gasteiger partial charge >= 0.3 is 0 Å². The largest absolute Gasteiger partial charge is 0.374 e. The van der Waals surface area contributed by atoms with Crippen LogP contribution in [0.2, 0.25) is 0 Å². The van der Waals surface area contributed by atoms with Crippen LogP contribution in [0.25, 0.3) is 0 Å². The lowest BCUT2D eigenvalue weighted by Crippen LogP contribution is -2.47. The molecule has 4 rings (SSSR count). The van der Waals surface area contributed by atoms with E-state index >= 15 is 0 Å². The second-order valence-corrected chi connectivity index (χ2v) is 7.64. The standard InChI is InChI=1S/C21H30N4O/c1-16-21(17(2)25(23-16)14-18-6-4-3-5-7-18)13-22-12-20-15-24(10-11-26-20)19-8-9-19/h3-7,19-20,22H,8-15H2,1-2H3/t20-/m0/s1. The van der Waals surface area contributed by atoms with Crippen LogP contribution in [0.3, 0.4) is 0 Å². The third kappa shape index (κ3) is 4.17. The van der Waals surface area contributed by atoms with Crippen molar-refractivity contribution in [1.82, 2.24) is 20.0 Å². The predicted molar refractivity (Wildman–Crippen MR) is 103 cm³/mol. The van der Waals surface area contributed by atoms with Crippen molar-refractivity contribution >= 4 is 0 Å². The lowest BCUT2D eigenvalue weighted by Gasteiger charge is -2.33. The molecule has 1 saturated heterocycles. The number of rotatable bonds is 7. The molecule has 5 heteroatoms. The number of ether oxygens (including phenoxy) is 1. The van der Waals surface area contributed by atoms with Crippen molar-refractivity contribution in [3.05, 3.63) is 52.8 Å². The summed E-state index contributed by atoms with van der Waals surface area (Å²) in [7, 11) is 0. The zero-order valence-corrected chi connectivity index (χ0v) is 15.9. The highest BCUT2D eigenvalue weighted by Gasteiger charge is 2.32. The van der Waals surface area contributed by atoms with Crippen LogP contribution in [0.1, 0.15) is 35.4 Å². The molecule has 1 aliphatic carbocycles. The van der Waals surface area contributed by atoms with E-state index in [9.17, 15) is 0 Å². The van der Waals surface area contributed by atoms with Crippen LogP contribution in [0, 0.1) is 13.8 Å². The summed E-state index contributed by atoms with van der Waals surface area (Å²) in [5, 5.41) is 8.36. The molecule has 1 atom stereocenters. The number of nitrogens with zero attached hydrogens (tertiary/aromatic N) is 3. The molecule has 1 aromatic heterocycles. The fourth-order valence-electron chi connectivity index (χ4n) is 3.90. The summed E-state index contributed by atoms with van der Waals surface area (Å²) in [4.78, 5) is 2.60. The van der Waals surface area contributed by atoms with Gasteiger partial charge in [0.15, 0.2) is 0 Å². The molecule has 0 bridgehead atoms. The van der Waals surface area contributed by atoms with Crippen LogP contribution < -0.4 is 5.32 Å². The van der Waals surface area contributed by atoms with Crippen LogP contribution in [-0.4, -0.2) is 53.1 Å². The SMILES string of the molecule is Cc1nn(Cc2ccccc2)c(C)c1CNC[C@H]1CN(C2CC2)CCO1. The first kappa shape index (κ1) is 17.7. The van der Waals surface area contributed by atoms with E-state index in [0.29, 0.717) is 6.10 Å². The van der Waals surface area contributed by atoms with Crippen LogP contribution in [0.15, 0.2) is 30.3 Å². The van der Waals surface area contributed by atoms with Gasteiger partial charge in [-0.15, -0.1) is 0 Å². The van der Waals surface area contributed by atoms with Crippen molar-refractivity contribution in [2.75, 3.05) is 26.2 Å². The Morgan fingerprint density at radius 2 is 2.00 bits per heavy atom. The van der Waals surface area contributed by atoms with Crippen LogP contribution in [0.5, 0.6) is 0 Å². The molecule has 26 heavy (non-hydrogen) atoms. The molecular weight excluding hydrogens is 324 g/mol. The molecule has 0 unspecified atom stereocenters. The molecule has 0 amide bonds. The first-order valence-corrected chi connectivity index (χ1v) is 9.84. The molecule has 2 fully saturated rings. The van der Waals surface area contributed by atoms with Gasteiger partial charge in [0.05, 0.1) is 24.9 Å². The van der Waals surface area contributed by atoms with Gasteiger partial charge in [-0.3, -0.25) is 9.58 Å². The molecule has 140 valence electrons. The molecule has 1 N–H and O–H groups in total. The summed E-state index contributed by atoms with van der Waals surface area (Å²) in [6.07, 6.45) is 3.06. The van der Waals surface area contributed by atoms with E-state index in [1.165, 1.54) is 29.7 Å². The summed E-state index contributed by atoms with van der Waals surface area (Å²) in [5.41, 5.74) is 4.97.